The van der Waals surface area contributed by atoms with E-state index in [1.54, 1.807) is 11.8 Å². The molecule has 0 aliphatic rings. The number of para-hydroxylation sites is 1. The quantitative estimate of drug-likeness (QED) is 0.806. The van der Waals surface area contributed by atoms with Crippen molar-refractivity contribution in [1.29, 1.82) is 0 Å². The maximum atomic E-state index is 5.10. The normalized spacial score (nSPS) is 12.5. The summed E-state index contributed by atoms with van der Waals surface area (Å²) in [6.45, 7) is 4.39. The minimum absolute atomic E-state index is 0.464. The average Bonchev–Trinajstić information content (AvgIpc) is 2.88. The first-order chi connectivity index (χ1) is 9.31. The lowest BCUT2D eigenvalue weighted by Crippen LogP contribution is -2.25. The summed E-state index contributed by atoms with van der Waals surface area (Å²) >= 11 is 0. The molecule has 0 amide bonds. The Morgan fingerprint density at radius 1 is 1.32 bits per heavy atom. The summed E-state index contributed by atoms with van der Waals surface area (Å²) in [5, 5.41) is 15.1. The number of nitrogens with one attached hydrogen (secondary N) is 1. The third-order valence-electron chi connectivity index (χ3n) is 2.76. The standard InChI is InChI=1S/C13H19N5O/c1-11(10-19-2)8-14-9-13-15-16-17-18(13)12-6-4-3-5-7-12/h3-7,11,14H,8-10H2,1-2H3. The lowest BCUT2D eigenvalue weighted by atomic mass is 10.2. The lowest BCUT2D eigenvalue weighted by Gasteiger charge is -2.11. The second kappa shape index (κ2) is 6.96. The third kappa shape index (κ3) is 3.84. The fourth-order valence-electron chi connectivity index (χ4n) is 1.86. The summed E-state index contributed by atoms with van der Waals surface area (Å²) in [7, 11) is 1.71. The minimum Gasteiger partial charge on any atom is -0.384 e. The molecule has 6 nitrogen and oxygen atoms in total. The number of tetrazole rings is 1. The van der Waals surface area contributed by atoms with Gasteiger partial charge in [-0.25, -0.2) is 0 Å². The van der Waals surface area contributed by atoms with E-state index in [0.29, 0.717) is 12.5 Å². The molecule has 6 heteroatoms. The SMILES string of the molecule is COCC(C)CNCc1nnnn1-c1ccccc1. The first kappa shape index (κ1) is 13.6. The van der Waals surface area contributed by atoms with Crippen molar-refractivity contribution < 1.29 is 4.74 Å². The van der Waals surface area contributed by atoms with Crippen LogP contribution < -0.4 is 5.32 Å². The van der Waals surface area contributed by atoms with E-state index in [1.165, 1.54) is 0 Å². The van der Waals surface area contributed by atoms with Crippen LogP contribution in [0.25, 0.3) is 5.69 Å². The van der Waals surface area contributed by atoms with Crippen molar-refractivity contribution in [2.24, 2.45) is 5.92 Å². The van der Waals surface area contributed by atoms with Gasteiger partial charge in [0.05, 0.1) is 12.2 Å². The zero-order chi connectivity index (χ0) is 13.5. The molecule has 1 unspecified atom stereocenters. The van der Waals surface area contributed by atoms with Crippen LogP contribution in [-0.2, 0) is 11.3 Å². The second-order valence-corrected chi connectivity index (χ2v) is 4.53. The van der Waals surface area contributed by atoms with Gasteiger partial charge in [-0.3, -0.25) is 0 Å². The number of benzene rings is 1. The molecule has 1 aromatic heterocycles. The van der Waals surface area contributed by atoms with Crippen LogP contribution in [0, 0.1) is 5.92 Å². The molecule has 0 spiro atoms. The minimum atomic E-state index is 0.464. The molecule has 1 N–H and O–H groups in total. The lowest BCUT2D eigenvalue weighted by molar-refractivity contribution is 0.158. The molecule has 1 aromatic carbocycles. The first-order valence-electron chi connectivity index (χ1n) is 6.33. The highest BCUT2D eigenvalue weighted by Crippen LogP contribution is 2.06. The van der Waals surface area contributed by atoms with Gasteiger partial charge in [0.2, 0.25) is 0 Å². The van der Waals surface area contributed by atoms with E-state index in [-0.39, 0.29) is 0 Å². The first-order valence-corrected chi connectivity index (χ1v) is 6.33. The molecule has 0 fully saturated rings. The van der Waals surface area contributed by atoms with Crippen LogP contribution in [0.15, 0.2) is 30.3 Å². The van der Waals surface area contributed by atoms with Gasteiger partial charge in [0.1, 0.15) is 0 Å². The summed E-state index contributed by atoms with van der Waals surface area (Å²) in [5.41, 5.74) is 0.967. The van der Waals surface area contributed by atoms with E-state index >= 15 is 0 Å². The predicted molar refractivity (Wildman–Crippen MR) is 71.9 cm³/mol. The van der Waals surface area contributed by atoms with Gasteiger partial charge < -0.3 is 10.1 Å². The van der Waals surface area contributed by atoms with Gasteiger partial charge in [-0.1, -0.05) is 25.1 Å². The highest BCUT2D eigenvalue weighted by atomic mass is 16.5. The fraction of sp³-hybridized carbons (Fsp3) is 0.462. The van der Waals surface area contributed by atoms with Gasteiger partial charge in [0.15, 0.2) is 5.82 Å². The highest BCUT2D eigenvalue weighted by Gasteiger charge is 2.08. The van der Waals surface area contributed by atoms with Gasteiger partial charge in [0, 0.05) is 20.3 Å². The summed E-state index contributed by atoms with van der Waals surface area (Å²) < 4.78 is 6.84. The third-order valence-corrected chi connectivity index (χ3v) is 2.76. The zero-order valence-corrected chi connectivity index (χ0v) is 11.3. The van der Waals surface area contributed by atoms with Crippen LogP contribution in [0.2, 0.25) is 0 Å². The monoisotopic (exact) mass is 261 g/mol. The molecule has 102 valence electrons. The molecule has 2 rings (SSSR count). The molecule has 0 saturated heterocycles. The van der Waals surface area contributed by atoms with E-state index in [1.807, 2.05) is 30.3 Å². The van der Waals surface area contributed by atoms with Crippen LogP contribution in [0.3, 0.4) is 0 Å². The predicted octanol–water partition coefficient (Wildman–Crippen LogP) is 1.03. The van der Waals surface area contributed by atoms with E-state index in [2.05, 4.69) is 27.8 Å². The number of aromatic nitrogens is 4. The number of hydrogen-bond acceptors (Lipinski definition) is 5. The van der Waals surface area contributed by atoms with Crippen LogP contribution >= 0.6 is 0 Å². The Hall–Kier alpha value is -1.79. The van der Waals surface area contributed by atoms with Crippen molar-refractivity contribution >= 4 is 0 Å². The van der Waals surface area contributed by atoms with Gasteiger partial charge in [-0.2, -0.15) is 4.68 Å². The van der Waals surface area contributed by atoms with E-state index in [9.17, 15) is 0 Å². The number of nitrogens with zero attached hydrogens (tertiary/aromatic N) is 4. The van der Waals surface area contributed by atoms with Gasteiger partial charge in [0.25, 0.3) is 0 Å². The van der Waals surface area contributed by atoms with Crippen LogP contribution in [0.4, 0.5) is 0 Å². The van der Waals surface area contributed by atoms with E-state index in [4.69, 9.17) is 4.74 Å². The van der Waals surface area contributed by atoms with Crippen LogP contribution in [0.1, 0.15) is 12.7 Å². The zero-order valence-electron chi connectivity index (χ0n) is 11.3. The van der Waals surface area contributed by atoms with Crippen molar-refractivity contribution in [1.82, 2.24) is 25.5 Å². The van der Waals surface area contributed by atoms with Crippen molar-refractivity contribution in [3.8, 4) is 5.69 Å². The molecular weight excluding hydrogens is 242 g/mol. The smallest absolute Gasteiger partial charge is 0.170 e. The maximum Gasteiger partial charge on any atom is 0.170 e. The molecule has 0 aliphatic carbocycles. The Balaban J connectivity index is 1.94. The van der Waals surface area contributed by atoms with Gasteiger partial charge in [-0.05, 0) is 28.5 Å². The average molecular weight is 261 g/mol. The Kier molecular flexibility index (Phi) is 5.00. The molecule has 0 radical (unpaired) electrons. The van der Waals surface area contributed by atoms with Crippen molar-refractivity contribution in [2.75, 3.05) is 20.3 Å². The Bertz CT molecular complexity index is 485. The maximum absolute atomic E-state index is 5.10. The van der Waals surface area contributed by atoms with Crippen LogP contribution in [-0.4, -0.2) is 40.5 Å². The summed E-state index contributed by atoms with van der Waals surface area (Å²) in [4.78, 5) is 0. The van der Waals surface area contributed by atoms with Crippen LogP contribution in [0.5, 0.6) is 0 Å². The Labute approximate surface area is 112 Å². The molecule has 0 bridgehead atoms. The number of hydrogen-bond donors (Lipinski definition) is 1. The molecule has 19 heavy (non-hydrogen) atoms. The van der Waals surface area contributed by atoms with Gasteiger partial charge >= 0.3 is 0 Å². The van der Waals surface area contributed by atoms with Crippen molar-refractivity contribution in [2.45, 2.75) is 13.5 Å². The van der Waals surface area contributed by atoms with Gasteiger partial charge in [-0.15, -0.1) is 5.10 Å². The molecule has 0 aliphatic heterocycles. The molecular formula is C13H19N5O. The van der Waals surface area contributed by atoms with E-state index in [0.717, 1.165) is 24.7 Å². The molecule has 1 atom stereocenters. The largest absolute Gasteiger partial charge is 0.384 e. The van der Waals surface area contributed by atoms with E-state index < -0.39 is 0 Å². The summed E-state index contributed by atoms with van der Waals surface area (Å²) in [6.07, 6.45) is 0. The molecule has 0 saturated carbocycles. The van der Waals surface area contributed by atoms with Crippen molar-refractivity contribution in [3.05, 3.63) is 36.2 Å². The molecule has 2 aromatic rings. The Morgan fingerprint density at radius 2 is 2.11 bits per heavy atom. The Morgan fingerprint density at radius 3 is 2.84 bits per heavy atom. The summed E-state index contributed by atoms with van der Waals surface area (Å²) in [6, 6.07) is 9.86. The number of ether oxygens (including phenoxy) is 1. The van der Waals surface area contributed by atoms with Crippen molar-refractivity contribution in [3.63, 3.8) is 0 Å². The number of rotatable bonds is 7. The molecule has 1 heterocycles. The highest BCUT2D eigenvalue weighted by molar-refractivity contribution is 5.30. The topological polar surface area (TPSA) is 64.9 Å². The second-order valence-electron chi connectivity index (χ2n) is 4.53. The fourth-order valence-corrected chi connectivity index (χ4v) is 1.86. The summed E-state index contributed by atoms with van der Waals surface area (Å²) in [5.74, 6) is 1.27. The number of methoxy groups -OCH3 is 1.